The van der Waals surface area contributed by atoms with E-state index in [-0.39, 0.29) is 17.2 Å². The van der Waals surface area contributed by atoms with Crippen molar-refractivity contribution in [3.63, 3.8) is 0 Å². The normalized spacial score (nSPS) is 14.0. The fourth-order valence-corrected chi connectivity index (χ4v) is 4.50. The molecule has 0 aromatic heterocycles. The molecular weight excluding hydrogens is 485 g/mol. The van der Waals surface area contributed by atoms with Crippen molar-refractivity contribution in [2.45, 2.75) is 13.5 Å². The number of ether oxygens (including phenoxy) is 1. The summed E-state index contributed by atoms with van der Waals surface area (Å²) >= 11 is 12.4. The number of hydrogen-bond donors (Lipinski definition) is 1. The molecule has 1 saturated heterocycles. The standard InChI is InChI=1S/C27H27Cl2N3O3/c1-2-35-27(34)20-11-12-24(23(17-20)30-26(33)21-9-6-10-22(28)25(21)29)32-15-13-31(14-16-32)18-19-7-4-3-5-8-19/h3-12,17H,2,13-16,18H2,1H3,(H,30,33). The van der Waals surface area contributed by atoms with E-state index in [1.54, 1.807) is 37.3 Å². The minimum Gasteiger partial charge on any atom is -0.462 e. The van der Waals surface area contributed by atoms with Gasteiger partial charge in [0.2, 0.25) is 0 Å². The van der Waals surface area contributed by atoms with Crippen LogP contribution in [0.4, 0.5) is 11.4 Å². The number of anilines is 2. The molecule has 0 saturated carbocycles. The zero-order valence-corrected chi connectivity index (χ0v) is 21.0. The fraction of sp³-hybridized carbons (Fsp3) is 0.259. The molecule has 8 heteroatoms. The largest absolute Gasteiger partial charge is 0.462 e. The van der Waals surface area contributed by atoms with E-state index in [1.165, 1.54) is 5.56 Å². The number of amides is 1. The Hall–Kier alpha value is -3.06. The van der Waals surface area contributed by atoms with Crippen molar-refractivity contribution in [1.29, 1.82) is 0 Å². The van der Waals surface area contributed by atoms with Crippen LogP contribution in [0.3, 0.4) is 0 Å². The van der Waals surface area contributed by atoms with Gasteiger partial charge >= 0.3 is 5.97 Å². The molecule has 1 aliphatic heterocycles. The van der Waals surface area contributed by atoms with E-state index in [2.05, 4.69) is 39.4 Å². The van der Waals surface area contributed by atoms with Crippen LogP contribution in [0.25, 0.3) is 0 Å². The second-order valence-corrected chi connectivity index (χ2v) is 9.04. The van der Waals surface area contributed by atoms with E-state index < -0.39 is 11.9 Å². The number of piperazine rings is 1. The molecule has 1 amide bonds. The monoisotopic (exact) mass is 511 g/mol. The summed E-state index contributed by atoms with van der Waals surface area (Å²) in [4.78, 5) is 30.1. The molecule has 0 spiro atoms. The van der Waals surface area contributed by atoms with Gasteiger partial charge in [0.05, 0.1) is 39.2 Å². The second kappa shape index (κ2) is 11.6. The Morgan fingerprint density at radius 3 is 2.40 bits per heavy atom. The highest BCUT2D eigenvalue weighted by atomic mass is 35.5. The lowest BCUT2D eigenvalue weighted by Gasteiger charge is -2.37. The number of rotatable bonds is 7. The van der Waals surface area contributed by atoms with Gasteiger partial charge in [-0.05, 0) is 42.8 Å². The minimum atomic E-state index is -0.442. The van der Waals surface area contributed by atoms with Crippen LogP contribution >= 0.6 is 23.2 Å². The summed E-state index contributed by atoms with van der Waals surface area (Å²) in [6.45, 7) is 6.24. The summed E-state index contributed by atoms with van der Waals surface area (Å²) in [7, 11) is 0. The molecule has 182 valence electrons. The Kier molecular flexibility index (Phi) is 8.29. The molecule has 4 rings (SSSR count). The summed E-state index contributed by atoms with van der Waals surface area (Å²) < 4.78 is 5.15. The molecule has 35 heavy (non-hydrogen) atoms. The quantitative estimate of drug-likeness (QED) is 0.409. The van der Waals surface area contributed by atoms with E-state index in [9.17, 15) is 9.59 Å². The Morgan fingerprint density at radius 1 is 0.943 bits per heavy atom. The number of halogens is 2. The predicted molar refractivity (Wildman–Crippen MR) is 141 cm³/mol. The number of nitrogens with zero attached hydrogens (tertiary/aromatic N) is 2. The average molecular weight is 512 g/mol. The van der Waals surface area contributed by atoms with Gasteiger partial charge in [-0.3, -0.25) is 9.69 Å². The SMILES string of the molecule is CCOC(=O)c1ccc(N2CCN(Cc3ccccc3)CC2)c(NC(=O)c2cccc(Cl)c2Cl)c1. The Bertz CT molecular complexity index is 1200. The van der Waals surface area contributed by atoms with E-state index in [1.807, 2.05) is 12.1 Å². The number of benzene rings is 3. The van der Waals surface area contributed by atoms with Crippen LogP contribution in [-0.2, 0) is 11.3 Å². The highest BCUT2D eigenvalue weighted by Gasteiger charge is 2.22. The molecule has 0 radical (unpaired) electrons. The fourth-order valence-electron chi connectivity index (χ4n) is 4.11. The van der Waals surface area contributed by atoms with Gasteiger partial charge in [0.15, 0.2) is 0 Å². The van der Waals surface area contributed by atoms with Gasteiger partial charge in [-0.1, -0.05) is 59.6 Å². The lowest BCUT2D eigenvalue weighted by Crippen LogP contribution is -2.46. The van der Waals surface area contributed by atoms with Gasteiger partial charge in [0, 0.05) is 32.7 Å². The molecule has 6 nitrogen and oxygen atoms in total. The van der Waals surface area contributed by atoms with E-state index in [0.717, 1.165) is 38.4 Å². The predicted octanol–water partition coefficient (Wildman–Crippen LogP) is 5.74. The molecule has 3 aromatic carbocycles. The van der Waals surface area contributed by atoms with Crippen LogP contribution in [0.2, 0.25) is 10.0 Å². The van der Waals surface area contributed by atoms with Crippen molar-refractivity contribution in [3.05, 3.63) is 93.5 Å². The maximum atomic E-state index is 13.1. The average Bonchev–Trinajstić information content (AvgIpc) is 2.87. The first-order valence-electron chi connectivity index (χ1n) is 11.5. The van der Waals surface area contributed by atoms with Crippen molar-refractivity contribution >= 4 is 46.5 Å². The van der Waals surface area contributed by atoms with Crippen LogP contribution in [0, 0.1) is 0 Å². The summed E-state index contributed by atoms with van der Waals surface area (Å²) in [5.74, 6) is -0.842. The second-order valence-electron chi connectivity index (χ2n) is 8.26. The zero-order valence-electron chi connectivity index (χ0n) is 19.5. The minimum absolute atomic E-state index is 0.185. The van der Waals surface area contributed by atoms with Crippen LogP contribution in [-0.4, -0.2) is 49.6 Å². The zero-order chi connectivity index (χ0) is 24.8. The molecule has 0 aliphatic carbocycles. The number of carbonyl (C=O) groups excluding carboxylic acids is 2. The molecular formula is C27H27Cl2N3O3. The number of hydrogen-bond acceptors (Lipinski definition) is 5. The Labute approximate surface area is 215 Å². The smallest absolute Gasteiger partial charge is 0.338 e. The molecule has 0 atom stereocenters. The van der Waals surface area contributed by atoms with Gasteiger partial charge in [0.25, 0.3) is 5.91 Å². The maximum absolute atomic E-state index is 13.1. The van der Waals surface area contributed by atoms with Gasteiger partial charge in [-0.2, -0.15) is 0 Å². The topological polar surface area (TPSA) is 61.9 Å². The van der Waals surface area contributed by atoms with E-state index in [0.29, 0.717) is 16.3 Å². The first-order chi connectivity index (χ1) is 17.0. The number of carbonyl (C=O) groups is 2. The summed E-state index contributed by atoms with van der Waals surface area (Å²) in [5.41, 5.74) is 3.27. The highest BCUT2D eigenvalue weighted by Crippen LogP contribution is 2.31. The Morgan fingerprint density at radius 2 is 1.69 bits per heavy atom. The summed E-state index contributed by atoms with van der Waals surface area (Å²) in [6.07, 6.45) is 0. The van der Waals surface area contributed by atoms with Crippen LogP contribution in [0.5, 0.6) is 0 Å². The molecule has 0 bridgehead atoms. The molecule has 1 heterocycles. The van der Waals surface area contributed by atoms with Crippen LogP contribution in [0.1, 0.15) is 33.2 Å². The summed E-state index contributed by atoms with van der Waals surface area (Å²) in [6, 6.07) is 20.5. The molecule has 1 fully saturated rings. The molecule has 0 unspecified atom stereocenters. The van der Waals surface area contributed by atoms with E-state index in [4.69, 9.17) is 27.9 Å². The molecule has 1 aliphatic rings. The van der Waals surface area contributed by atoms with Crippen molar-refractivity contribution in [2.75, 3.05) is 43.0 Å². The molecule has 1 N–H and O–H groups in total. The molecule has 3 aromatic rings. The van der Waals surface area contributed by atoms with Crippen LogP contribution < -0.4 is 10.2 Å². The highest BCUT2D eigenvalue weighted by molar-refractivity contribution is 6.44. The Balaban J connectivity index is 1.55. The first-order valence-corrected chi connectivity index (χ1v) is 12.3. The van der Waals surface area contributed by atoms with Gasteiger partial charge < -0.3 is 15.0 Å². The van der Waals surface area contributed by atoms with Crippen molar-refractivity contribution < 1.29 is 14.3 Å². The lowest BCUT2D eigenvalue weighted by molar-refractivity contribution is 0.0526. The lowest BCUT2D eigenvalue weighted by atomic mass is 10.1. The maximum Gasteiger partial charge on any atom is 0.338 e. The first kappa shape index (κ1) is 25.0. The summed E-state index contributed by atoms with van der Waals surface area (Å²) in [5, 5.41) is 3.42. The van der Waals surface area contributed by atoms with Crippen molar-refractivity contribution in [1.82, 2.24) is 4.90 Å². The van der Waals surface area contributed by atoms with E-state index >= 15 is 0 Å². The third-order valence-electron chi connectivity index (χ3n) is 5.91. The van der Waals surface area contributed by atoms with Crippen molar-refractivity contribution in [3.8, 4) is 0 Å². The third-order valence-corrected chi connectivity index (χ3v) is 6.73. The van der Waals surface area contributed by atoms with Crippen molar-refractivity contribution in [2.24, 2.45) is 0 Å². The van der Waals surface area contributed by atoms with Gasteiger partial charge in [-0.25, -0.2) is 4.79 Å². The number of nitrogens with one attached hydrogen (secondary N) is 1. The third kappa shape index (κ3) is 6.14. The number of esters is 1. The van der Waals surface area contributed by atoms with Crippen LogP contribution in [0.15, 0.2) is 66.7 Å². The van der Waals surface area contributed by atoms with Gasteiger partial charge in [-0.15, -0.1) is 0 Å². The van der Waals surface area contributed by atoms with Gasteiger partial charge in [0.1, 0.15) is 0 Å².